The van der Waals surface area contributed by atoms with Gasteiger partial charge in [-0.15, -0.1) is 11.3 Å². The van der Waals surface area contributed by atoms with Crippen LogP contribution in [0.15, 0.2) is 45.3 Å². The minimum Gasteiger partial charge on any atom is -0.361 e. The molecule has 0 radical (unpaired) electrons. The third-order valence-corrected chi connectivity index (χ3v) is 8.41. The van der Waals surface area contributed by atoms with Gasteiger partial charge in [0, 0.05) is 30.1 Å². The van der Waals surface area contributed by atoms with Gasteiger partial charge in [-0.1, -0.05) is 11.2 Å². The lowest BCUT2D eigenvalue weighted by atomic mass is 10.2. The molecule has 0 aliphatic carbocycles. The summed E-state index contributed by atoms with van der Waals surface area (Å²) in [6.45, 7) is 3.96. The molecule has 0 saturated carbocycles. The Bertz CT molecular complexity index is 1140. The van der Waals surface area contributed by atoms with Gasteiger partial charge in [0.25, 0.3) is 10.0 Å². The summed E-state index contributed by atoms with van der Waals surface area (Å²) in [4.78, 5) is 16.7. The Kier molecular flexibility index (Phi) is 5.72. The highest BCUT2D eigenvalue weighted by Gasteiger charge is 2.32. The first kappa shape index (κ1) is 20.7. The summed E-state index contributed by atoms with van der Waals surface area (Å²) >= 11 is 1.19. The third kappa shape index (κ3) is 4.16. The van der Waals surface area contributed by atoms with Crippen molar-refractivity contribution in [3.8, 4) is 10.4 Å². The SMILES string of the molecule is Cc1noc(C)c1-c1ccc(S(=O)(=O)N(Cc2ccccn2)C[C@@H]2CCC(=O)N2)s1. The third-order valence-electron chi connectivity index (χ3n) is 5.03. The zero-order valence-corrected chi connectivity index (χ0v) is 18.3. The number of rotatable bonds is 7. The summed E-state index contributed by atoms with van der Waals surface area (Å²) < 4.78 is 33.9. The highest BCUT2D eigenvalue weighted by molar-refractivity contribution is 7.91. The lowest BCUT2D eigenvalue weighted by Crippen LogP contribution is -2.41. The molecule has 158 valence electrons. The largest absolute Gasteiger partial charge is 0.361 e. The number of nitrogens with one attached hydrogen (secondary N) is 1. The molecule has 1 aliphatic rings. The lowest BCUT2D eigenvalue weighted by Gasteiger charge is -2.24. The van der Waals surface area contributed by atoms with E-state index in [1.165, 1.54) is 15.6 Å². The van der Waals surface area contributed by atoms with E-state index in [4.69, 9.17) is 4.52 Å². The molecular weight excluding hydrogens is 424 g/mol. The summed E-state index contributed by atoms with van der Waals surface area (Å²) in [6, 6.07) is 8.58. The van der Waals surface area contributed by atoms with E-state index in [1.54, 1.807) is 37.4 Å². The van der Waals surface area contributed by atoms with Crippen molar-refractivity contribution >= 4 is 27.3 Å². The van der Waals surface area contributed by atoms with Gasteiger partial charge in [0.05, 0.1) is 23.5 Å². The fraction of sp³-hybridized carbons (Fsp3) is 0.350. The van der Waals surface area contributed by atoms with Gasteiger partial charge in [0.2, 0.25) is 5.91 Å². The molecule has 1 fully saturated rings. The maximum atomic E-state index is 13.5. The van der Waals surface area contributed by atoms with E-state index in [0.29, 0.717) is 24.3 Å². The van der Waals surface area contributed by atoms with E-state index in [0.717, 1.165) is 16.1 Å². The monoisotopic (exact) mass is 446 g/mol. The first-order chi connectivity index (χ1) is 14.3. The molecule has 30 heavy (non-hydrogen) atoms. The van der Waals surface area contributed by atoms with Gasteiger partial charge < -0.3 is 9.84 Å². The molecule has 0 aromatic carbocycles. The van der Waals surface area contributed by atoms with Gasteiger partial charge in [-0.3, -0.25) is 9.78 Å². The number of thiophene rings is 1. The minimum atomic E-state index is -3.79. The Morgan fingerprint density at radius 1 is 1.27 bits per heavy atom. The van der Waals surface area contributed by atoms with Gasteiger partial charge in [0.1, 0.15) is 9.97 Å². The first-order valence-corrected chi connectivity index (χ1v) is 11.8. The van der Waals surface area contributed by atoms with Crippen LogP contribution in [0, 0.1) is 13.8 Å². The van der Waals surface area contributed by atoms with Crippen LogP contribution in [0.3, 0.4) is 0 Å². The number of sulfonamides is 1. The molecule has 1 amide bonds. The molecule has 8 nitrogen and oxygen atoms in total. The molecule has 3 aromatic heterocycles. The molecule has 10 heteroatoms. The molecule has 0 unspecified atom stereocenters. The number of nitrogens with zero attached hydrogens (tertiary/aromatic N) is 3. The number of hydrogen-bond acceptors (Lipinski definition) is 7. The fourth-order valence-corrected chi connectivity index (χ4v) is 6.60. The second-order valence-electron chi connectivity index (χ2n) is 7.24. The molecule has 3 aromatic rings. The minimum absolute atomic E-state index is 0.0491. The number of carbonyl (C=O) groups is 1. The van der Waals surface area contributed by atoms with Crippen LogP contribution in [0.4, 0.5) is 0 Å². The predicted molar refractivity (Wildman–Crippen MR) is 112 cm³/mol. The molecule has 0 bridgehead atoms. The number of aromatic nitrogens is 2. The smallest absolute Gasteiger partial charge is 0.252 e. The molecule has 1 atom stereocenters. The number of amides is 1. The highest BCUT2D eigenvalue weighted by Crippen LogP contribution is 2.36. The van der Waals surface area contributed by atoms with E-state index in [2.05, 4.69) is 15.5 Å². The van der Waals surface area contributed by atoms with Crippen LogP contribution >= 0.6 is 11.3 Å². The topological polar surface area (TPSA) is 105 Å². The Labute approximate surface area is 179 Å². The normalized spacial score (nSPS) is 16.9. The van der Waals surface area contributed by atoms with Gasteiger partial charge in [-0.25, -0.2) is 8.42 Å². The highest BCUT2D eigenvalue weighted by atomic mass is 32.2. The van der Waals surface area contributed by atoms with Crippen molar-refractivity contribution in [2.45, 2.75) is 43.5 Å². The molecule has 1 saturated heterocycles. The summed E-state index contributed by atoms with van der Waals surface area (Å²) in [7, 11) is -3.79. The van der Waals surface area contributed by atoms with Gasteiger partial charge in [0.15, 0.2) is 0 Å². The van der Waals surface area contributed by atoms with Crippen molar-refractivity contribution < 1.29 is 17.7 Å². The van der Waals surface area contributed by atoms with Crippen LogP contribution < -0.4 is 5.32 Å². The Morgan fingerprint density at radius 3 is 2.73 bits per heavy atom. The maximum absolute atomic E-state index is 13.5. The summed E-state index contributed by atoms with van der Waals surface area (Å²) in [5, 5.41) is 6.81. The number of carbonyl (C=O) groups excluding carboxylic acids is 1. The van der Waals surface area contributed by atoms with E-state index in [9.17, 15) is 13.2 Å². The average Bonchev–Trinajstić information content (AvgIpc) is 3.43. The van der Waals surface area contributed by atoms with Crippen molar-refractivity contribution in [1.29, 1.82) is 0 Å². The van der Waals surface area contributed by atoms with Crippen LogP contribution in [0.5, 0.6) is 0 Å². The lowest BCUT2D eigenvalue weighted by molar-refractivity contribution is -0.119. The first-order valence-electron chi connectivity index (χ1n) is 9.57. The van der Waals surface area contributed by atoms with Crippen molar-refractivity contribution in [3.63, 3.8) is 0 Å². The summed E-state index contributed by atoms with van der Waals surface area (Å²) in [5.74, 6) is 0.601. The molecule has 4 rings (SSSR count). The van der Waals surface area contributed by atoms with Crippen molar-refractivity contribution in [1.82, 2.24) is 19.8 Å². The quantitative estimate of drug-likeness (QED) is 0.598. The van der Waals surface area contributed by atoms with Gasteiger partial charge >= 0.3 is 0 Å². The van der Waals surface area contributed by atoms with Crippen LogP contribution in [-0.4, -0.2) is 41.4 Å². The van der Waals surface area contributed by atoms with E-state index in [-0.39, 0.29) is 29.2 Å². The van der Waals surface area contributed by atoms with E-state index in [1.807, 2.05) is 13.0 Å². The predicted octanol–water partition coefficient (Wildman–Crippen LogP) is 2.88. The average molecular weight is 447 g/mol. The zero-order valence-electron chi connectivity index (χ0n) is 16.7. The second-order valence-corrected chi connectivity index (χ2v) is 10.5. The number of aryl methyl sites for hydroxylation is 2. The molecule has 0 spiro atoms. The number of pyridine rings is 1. The van der Waals surface area contributed by atoms with E-state index < -0.39 is 10.0 Å². The summed E-state index contributed by atoms with van der Waals surface area (Å²) in [6.07, 6.45) is 2.66. The van der Waals surface area contributed by atoms with E-state index >= 15 is 0 Å². The van der Waals surface area contributed by atoms with Crippen LogP contribution in [-0.2, 0) is 21.4 Å². The van der Waals surface area contributed by atoms with Crippen molar-refractivity contribution in [2.75, 3.05) is 6.54 Å². The molecular formula is C20H22N4O4S2. The number of hydrogen-bond donors (Lipinski definition) is 1. The molecule has 1 N–H and O–H groups in total. The Hall–Kier alpha value is -2.56. The Morgan fingerprint density at radius 2 is 2.10 bits per heavy atom. The fourth-order valence-electron chi connectivity index (χ4n) is 3.54. The molecule has 4 heterocycles. The van der Waals surface area contributed by atoms with Crippen molar-refractivity contribution in [2.24, 2.45) is 0 Å². The van der Waals surface area contributed by atoms with Crippen LogP contribution in [0.1, 0.15) is 30.0 Å². The maximum Gasteiger partial charge on any atom is 0.252 e. The zero-order chi connectivity index (χ0) is 21.3. The summed E-state index contributed by atoms with van der Waals surface area (Å²) in [5.41, 5.74) is 2.19. The standard InChI is InChI=1S/C20H22N4O4S2/c1-13-20(14(2)28-23-13)17-7-9-19(29-17)30(26,27)24(11-15-5-3-4-10-21-15)12-16-6-8-18(25)22-16/h3-5,7,9-10,16H,6,8,11-12H2,1-2H3,(H,22,25)/t16-/m0/s1. The van der Waals surface area contributed by atoms with Crippen LogP contribution in [0.25, 0.3) is 10.4 Å². The van der Waals surface area contributed by atoms with Gasteiger partial charge in [-0.2, -0.15) is 4.31 Å². The molecule has 1 aliphatic heterocycles. The van der Waals surface area contributed by atoms with Gasteiger partial charge in [-0.05, 0) is 44.5 Å². The van der Waals surface area contributed by atoms with Crippen molar-refractivity contribution in [3.05, 3.63) is 53.7 Å². The Balaban J connectivity index is 1.65. The second kappa shape index (κ2) is 8.29. The van der Waals surface area contributed by atoms with Crippen LogP contribution in [0.2, 0.25) is 0 Å².